The fourth-order valence-corrected chi connectivity index (χ4v) is 0.855. The molecule has 0 unspecified atom stereocenters. The van der Waals surface area contributed by atoms with Gasteiger partial charge >= 0.3 is 0 Å². The van der Waals surface area contributed by atoms with Crippen LogP contribution in [0.25, 0.3) is 0 Å². The number of ether oxygens (including phenoxy) is 1. The summed E-state index contributed by atoms with van der Waals surface area (Å²) in [4.78, 5) is 9.62. The van der Waals surface area contributed by atoms with Crippen LogP contribution >= 0.6 is 0 Å². The van der Waals surface area contributed by atoms with Gasteiger partial charge in [-0.25, -0.2) is 9.78 Å². The van der Waals surface area contributed by atoms with Crippen molar-refractivity contribution < 1.29 is 14.5 Å². The van der Waals surface area contributed by atoms with Crippen molar-refractivity contribution in [1.82, 2.24) is 0 Å². The lowest BCUT2D eigenvalue weighted by Crippen LogP contribution is -2.08. The molecule has 0 amide bonds. The Morgan fingerprint density at radius 1 is 0.600 bits per heavy atom. The molecule has 1 heterocycles. The molecule has 0 saturated carbocycles. The Hall–Kier alpha value is -0.120. The highest BCUT2D eigenvalue weighted by molar-refractivity contribution is 4.40. The molecule has 0 N–H and O–H groups in total. The maximum absolute atomic E-state index is 5.20. The smallest absolute Gasteiger partial charge is 0.106 e. The number of hydrogen-bond donors (Lipinski definition) is 0. The van der Waals surface area contributed by atoms with Crippen molar-refractivity contribution in [3.05, 3.63) is 0 Å². The first-order valence-electron chi connectivity index (χ1n) is 3.82. The summed E-state index contributed by atoms with van der Waals surface area (Å²) in [6.45, 7) is 2.80. The molecule has 3 heteroatoms. The molecule has 1 aliphatic heterocycles. The van der Waals surface area contributed by atoms with Crippen LogP contribution in [0.2, 0.25) is 0 Å². The van der Waals surface area contributed by atoms with Crippen molar-refractivity contribution in [1.29, 1.82) is 0 Å². The fourth-order valence-electron chi connectivity index (χ4n) is 0.855. The second-order valence-corrected chi connectivity index (χ2v) is 2.32. The van der Waals surface area contributed by atoms with Crippen LogP contribution < -0.4 is 0 Å². The van der Waals surface area contributed by atoms with E-state index >= 15 is 0 Å². The standard InChI is InChI=1S/C7H14O3/c1-2-4-8-6-7-10-9-5-3-1/h1-7H2. The highest BCUT2D eigenvalue weighted by Crippen LogP contribution is 1.98. The van der Waals surface area contributed by atoms with Gasteiger partial charge in [-0.05, 0) is 19.3 Å². The largest absolute Gasteiger partial charge is 0.379 e. The Bertz CT molecular complexity index is 42.0. The van der Waals surface area contributed by atoms with Crippen molar-refractivity contribution >= 4 is 0 Å². The lowest BCUT2D eigenvalue weighted by atomic mass is 10.2. The van der Waals surface area contributed by atoms with Crippen molar-refractivity contribution in [2.24, 2.45) is 0 Å². The topological polar surface area (TPSA) is 27.7 Å². The summed E-state index contributed by atoms with van der Waals surface area (Å²) in [5, 5.41) is 0. The summed E-state index contributed by atoms with van der Waals surface area (Å²) in [5.41, 5.74) is 0. The maximum Gasteiger partial charge on any atom is 0.106 e. The molecule has 0 bridgehead atoms. The average molecular weight is 146 g/mol. The Morgan fingerprint density at radius 3 is 2.40 bits per heavy atom. The first-order chi connectivity index (χ1) is 5.00. The van der Waals surface area contributed by atoms with Crippen LogP contribution in [0.15, 0.2) is 0 Å². The van der Waals surface area contributed by atoms with E-state index in [9.17, 15) is 0 Å². The molecule has 0 aromatic carbocycles. The van der Waals surface area contributed by atoms with Gasteiger partial charge in [0.15, 0.2) is 0 Å². The van der Waals surface area contributed by atoms with Gasteiger partial charge in [-0.2, -0.15) is 0 Å². The van der Waals surface area contributed by atoms with E-state index in [1.807, 2.05) is 0 Å². The average Bonchev–Trinajstić information content (AvgIpc) is 2.01. The zero-order chi connectivity index (χ0) is 7.07. The van der Waals surface area contributed by atoms with Crippen molar-refractivity contribution in [2.45, 2.75) is 19.3 Å². The number of hydrogen-bond acceptors (Lipinski definition) is 3. The SMILES string of the molecule is C1CCOCCOOCC1. The van der Waals surface area contributed by atoms with Crippen LogP contribution in [0, 0.1) is 0 Å². The minimum absolute atomic E-state index is 0.556. The van der Waals surface area contributed by atoms with Gasteiger partial charge in [-0.1, -0.05) is 0 Å². The zero-order valence-corrected chi connectivity index (χ0v) is 6.17. The molecule has 0 spiro atoms. The third-order valence-electron chi connectivity index (χ3n) is 1.41. The fraction of sp³-hybridized carbons (Fsp3) is 1.00. The van der Waals surface area contributed by atoms with Gasteiger partial charge in [0.1, 0.15) is 6.61 Å². The van der Waals surface area contributed by atoms with Crippen LogP contribution in [-0.4, -0.2) is 26.4 Å². The van der Waals surface area contributed by atoms with E-state index in [-0.39, 0.29) is 0 Å². The van der Waals surface area contributed by atoms with E-state index in [0.717, 1.165) is 26.1 Å². The van der Waals surface area contributed by atoms with Crippen molar-refractivity contribution in [2.75, 3.05) is 26.4 Å². The van der Waals surface area contributed by atoms with Gasteiger partial charge in [0.2, 0.25) is 0 Å². The highest BCUT2D eigenvalue weighted by atomic mass is 17.2. The molecule has 60 valence electrons. The van der Waals surface area contributed by atoms with Gasteiger partial charge < -0.3 is 4.74 Å². The third-order valence-corrected chi connectivity index (χ3v) is 1.41. The minimum Gasteiger partial charge on any atom is -0.379 e. The third kappa shape index (κ3) is 3.82. The first-order valence-corrected chi connectivity index (χ1v) is 3.82. The Balaban J connectivity index is 2.00. The minimum atomic E-state index is 0.556. The molecule has 1 fully saturated rings. The lowest BCUT2D eigenvalue weighted by Gasteiger charge is -2.08. The Kier molecular flexibility index (Phi) is 4.51. The first kappa shape index (κ1) is 7.98. The Labute approximate surface area is 61.2 Å². The van der Waals surface area contributed by atoms with E-state index in [1.54, 1.807) is 0 Å². The van der Waals surface area contributed by atoms with Crippen molar-refractivity contribution in [3.8, 4) is 0 Å². The van der Waals surface area contributed by atoms with E-state index in [0.29, 0.717) is 13.2 Å². The monoisotopic (exact) mass is 146 g/mol. The summed E-state index contributed by atoms with van der Waals surface area (Å²) >= 11 is 0. The molecular formula is C7H14O3. The summed E-state index contributed by atoms with van der Waals surface area (Å²) in [5.74, 6) is 0. The summed E-state index contributed by atoms with van der Waals surface area (Å²) in [6, 6.07) is 0. The molecule has 1 aliphatic rings. The van der Waals surface area contributed by atoms with Gasteiger partial charge in [-0.3, -0.25) is 0 Å². The molecule has 0 atom stereocenters. The van der Waals surface area contributed by atoms with Crippen LogP contribution in [0.5, 0.6) is 0 Å². The number of rotatable bonds is 0. The van der Waals surface area contributed by atoms with E-state index in [4.69, 9.17) is 14.5 Å². The van der Waals surface area contributed by atoms with E-state index in [1.165, 1.54) is 6.42 Å². The molecule has 1 rings (SSSR count). The van der Waals surface area contributed by atoms with Crippen LogP contribution in [0.3, 0.4) is 0 Å². The highest BCUT2D eigenvalue weighted by Gasteiger charge is 1.95. The predicted octanol–water partition coefficient (Wildman–Crippen LogP) is 1.14. The molecule has 3 nitrogen and oxygen atoms in total. The second kappa shape index (κ2) is 5.65. The molecular weight excluding hydrogens is 132 g/mol. The normalized spacial score (nSPS) is 24.0. The molecule has 10 heavy (non-hydrogen) atoms. The maximum atomic E-state index is 5.20. The van der Waals surface area contributed by atoms with E-state index in [2.05, 4.69) is 0 Å². The van der Waals surface area contributed by atoms with Gasteiger partial charge in [-0.15, -0.1) is 0 Å². The van der Waals surface area contributed by atoms with E-state index < -0.39 is 0 Å². The predicted molar refractivity (Wildman–Crippen MR) is 36.6 cm³/mol. The lowest BCUT2D eigenvalue weighted by molar-refractivity contribution is -0.300. The van der Waals surface area contributed by atoms with Crippen LogP contribution in [0.1, 0.15) is 19.3 Å². The quantitative estimate of drug-likeness (QED) is 0.479. The Morgan fingerprint density at radius 2 is 1.40 bits per heavy atom. The zero-order valence-electron chi connectivity index (χ0n) is 6.17. The summed E-state index contributed by atoms with van der Waals surface area (Å²) < 4.78 is 5.20. The van der Waals surface area contributed by atoms with Gasteiger partial charge in [0, 0.05) is 6.61 Å². The molecule has 0 aromatic rings. The molecule has 0 aliphatic carbocycles. The second-order valence-electron chi connectivity index (χ2n) is 2.32. The van der Waals surface area contributed by atoms with Crippen molar-refractivity contribution in [3.63, 3.8) is 0 Å². The van der Waals surface area contributed by atoms with Gasteiger partial charge in [0.05, 0.1) is 13.2 Å². The summed E-state index contributed by atoms with van der Waals surface area (Å²) in [6.07, 6.45) is 3.38. The molecule has 0 radical (unpaired) electrons. The van der Waals surface area contributed by atoms with Crippen LogP contribution in [-0.2, 0) is 14.5 Å². The molecule has 1 saturated heterocycles. The van der Waals surface area contributed by atoms with Crippen LogP contribution in [0.4, 0.5) is 0 Å². The van der Waals surface area contributed by atoms with Gasteiger partial charge in [0.25, 0.3) is 0 Å². The summed E-state index contributed by atoms with van der Waals surface area (Å²) in [7, 11) is 0. The molecule has 0 aromatic heterocycles.